The molecule has 2 aromatic rings. The van der Waals surface area contributed by atoms with Crippen LogP contribution in [0, 0.1) is 0 Å². The first-order chi connectivity index (χ1) is 10.8. The number of rotatable bonds is 3. The molecule has 9 heteroatoms. The number of amides is 2. The van der Waals surface area contributed by atoms with Crippen LogP contribution in [0.15, 0.2) is 36.0 Å². The Hall–Kier alpha value is -1.67. The average molecular weight is 389 g/mol. The van der Waals surface area contributed by atoms with Crippen LogP contribution in [-0.2, 0) is 0 Å². The van der Waals surface area contributed by atoms with Crippen molar-refractivity contribution < 1.29 is 9.59 Å². The average Bonchev–Trinajstić information content (AvgIpc) is 3.04. The molecule has 0 saturated carbocycles. The van der Waals surface area contributed by atoms with Crippen LogP contribution in [0.5, 0.6) is 0 Å². The second-order valence-electron chi connectivity index (χ2n) is 4.90. The Kier molecular flexibility index (Phi) is 8.14. The second-order valence-corrected chi connectivity index (χ2v) is 5.81. The maximum absolute atomic E-state index is 12.5. The van der Waals surface area contributed by atoms with Crippen LogP contribution < -0.4 is 10.6 Å². The molecule has 0 spiro atoms. The summed E-state index contributed by atoms with van der Waals surface area (Å²) in [6.45, 7) is 2.98. The summed E-state index contributed by atoms with van der Waals surface area (Å²) in [4.78, 5) is 31.0. The lowest BCUT2D eigenvalue weighted by Gasteiger charge is -2.27. The van der Waals surface area contributed by atoms with Crippen LogP contribution in [0.4, 0.5) is 5.69 Å². The van der Waals surface area contributed by atoms with Crippen LogP contribution in [0.1, 0.15) is 20.0 Å². The molecule has 3 rings (SSSR count). The van der Waals surface area contributed by atoms with Gasteiger partial charge >= 0.3 is 0 Å². The number of hydrogen-bond donors (Lipinski definition) is 2. The van der Waals surface area contributed by atoms with Gasteiger partial charge in [-0.1, -0.05) is 0 Å². The molecule has 0 unspecified atom stereocenters. The Morgan fingerprint density at radius 3 is 2.46 bits per heavy atom. The van der Waals surface area contributed by atoms with Gasteiger partial charge in [0, 0.05) is 44.1 Å². The molecule has 1 aliphatic heterocycles. The first kappa shape index (κ1) is 20.4. The number of anilines is 1. The predicted octanol–water partition coefficient (Wildman–Crippen LogP) is 2.28. The van der Waals surface area contributed by atoms with E-state index in [-0.39, 0.29) is 36.6 Å². The summed E-state index contributed by atoms with van der Waals surface area (Å²) in [6.07, 6.45) is 3.13. The standard InChI is InChI=1S/C15H16N4O2S.2ClH/c20-14(11-1-4-16-5-2-11)18-12-3-10-22-13(12)15(21)19-8-6-17-7-9-19;;/h1-5,10,17H,6-9H2,(H,18,20);2*1H. The van der Waals surface area contributed by atoms with Gasteiger partial charge in [0.25, 0.3) is 11.8 Å². The Morgan fingerprint density at radius 1 is 1.12 bits per heavy atom. The van der Waals surface area contributed by atoms with Crippen LogP contribution >= 0.6 is 36.2 Å². The van der Waals surface area contributed by atoms with E-state index in [1.807, 2.05) is 10.3 Å². The van der Waals surface area contributed by atoms with Crippen molar-refractivity contribution in [3.05, 3.63) is 46.4 Å². The van der Waals surface area contributed by atoms with Crippen molar-refractivity contribution in [2.75, 3.05) is 31.5 Å². The van der Waals surface area contributed by atoms with E-state index in [1.54, 1.807) is 30.6 Å². The van der Waals surface area contributed by atoms with Gasteiger partial charge in [0.1, 0.15) is 4.88 Å². The maximum atomic E-state index is 12.5. The number of piperazine rings is 1. The molecular formula is C15H18Cl2N4O2S. The highest BCUT2D eigenvalue weighted by Crippen LogP contribution is 2.24. The molecule has 0 aliphatic carbocycles. The summed E-state index contributed by atoms with van der Waals surface area (Å²) < 4.78 is 0. The summed E-state index contributed by atoms with van der Waals surface area (Å²) in [5.74, 6) is -0.267. The van der Waals surface area contributed by atoms with Crippen molar-refractivity contribution in [3.63, 3.8) is 0 Å². The molecule has 0 atom stereocenters. The minimum absolute atomic E-state index is 0. The van der Waals surface area contributed by atoms with E-state index in [0.717, 1.165) is 13.1 Å². The Bertz CT molecular complexity index is 675. The van der Waals surface area contributed by atoms with Gasteiger partial charge in [-0.2, -0.15) is 0 Å². The van der Waals surface area contributed by atoms with Crippen molar-refractivity contribution in [2.45, 2.75) is 0 Å². The molecule has 0 radical (unpaired) electrons. The van der Waals surface area contributed by atoms with Crippen molar-refractivity contribution in [2.24, 2.45) is 0 Å². The third-order valence-corrected chi connectivity index (χ3v) is 4.36. The van der Waals surface area contributed by atoms with Crippen molar-refractivity contribution in [1.29, 1.82) is 0 Å². The largest absolute Gasteiger partial charge is 0.335 e. The van der Waals surface area contributed by atoms with Gasteiger partial charge in [-0.3, -0.25) is 14.6 Å². The SMILES string of the molecule is Cl.Cl.O=C(Nc1ccsc1C(=O)N1CCNCC1)c1ccncc1. The topological polar surface area (TPSA) is 74.3 Å². The van der Waals surface area contributed by atoms with Crippen LogP contribution in [0.3, 0.4) is 0 Å². The number of carbonyl (C=O) groups is 2. The van der Waals surface area contributed by atoms with Crippen LogP contribution in [-0.4, -0.2) is 47.9 Å². The molecule has 0 bridgehead atoms. The van der Waals surface area contributed by atoms with E-state index >= 15 is 0 Å². The highest BCUT2D eigenvalue weighted by molar-refractivity contribution is 7.12. The summed E-state index contributed by atoms with van der Waals surface area (Å²) in [5, 5.41) is 7.84. The lowest BCUT2D eigenvalue weighted by Crippen LogP contribution is -2.46. The first-order valence-corrected chi connectivity index (χ1v) is 7.92. The molecule has 1 fully saturated rings. The smallest absolute Gasteiger partial charge is 0.266 e. The van der Waals surface area contributed by atoms with E-state index < -0.39 is 0 Å². The highest BCUT2D eigenvalue weighted by Gasteiger charge is 2.22. The monoisotopic (exact) mass is 388 g/mol. The van der Waals surface area contributed by atoms with Gasteiger partial charge in [-0.15, -0.1) is 36.2 Å². The molecule has 2 N–H and O–H groups in total. The number of halogens is 2. The zero-order valence-corrected chi connectivity index (χ0v) is 15.2. The summed E-state index contributed by atoms with van der Waals surface area (Å²) in [7, 11) is 0. The number of thiophene rings is 1. The molecule has 6 nitrogen and oxygen atoms in total. The quantitative estimate of drug-likeness (QED) is 0.845. The molecule has 1 saturated heterocycles. The molecule has 24 heavy (non-hydrogen) atoms. The zero-order chi connectivity index (χ0) is 15.4. The Balaban J connectivity index is 0.00000144. The second kappa shape index (κ2) is 9.58. The minimum atomic E-state index is -0.241. The molecule has 0 aromatic carbocycles. The number of hydrogen-bond acceptors (Lipinski definition) is 5. The molecule has 3 heterocycles. The summed E-state index contributed by atoms with van der Waals surface area (Å²) in [6, 6.07) is 5.04. The van der Waals surface area contributed by atoms with Crippen molar-refractivity contribution in [1.82, 2.24) is 15.2 Å². The number of nitrogens with zero attached hydrogens (tertiary/aromatic N) is 2. The van der Waals surface area contributed by atoms with E-state index in [4.69, 9.17) is 0 Å². The first-order valence-electron chi connectivity index (χ1n) is 7.04. The highest BCUT2D eigenvalue weighted by atomic mass is 35.5. The lowest BCUT2D eigenvalue weighted by atomic mass is 10.2. The Labute approximate surface area is 156 Å². The molecule has 2 aromatic heterocycles. The number of carbonyl (C=O) groups excluding carboxylic acids is 2. The van der Waals surface area contributed by atoms with Crippen molar-refractivity contribution >= 4 is 53.7 Å². The Morgan fingerprint density at radius 2 is 1.79 bits per heavy atom. The fourth-order valence-electron chi connectivity index (χ4n) is 2.28. The van der Waals surface area contributed by atoms with Crippen LogP contribution in [0.25, 0.3) is 0 Å². The third-order valence-electron chi connectivity index (χ3n) is 3.45. The predicted molar refractivity (Wildman–Crippen MR) is 99.8 cm³/mol. The number of pyridine rings is 1. The minimum Gasteiger partial charge on any atom is -0.335 e. The molecule has 130 valence electrons. The van der Waals surface area contributed by atoms with Crippen LogP contribution in [0.2, 0.25) is 0 Å². The number of aromatic nitrogens is 1. The third kappa shape index (κ3) is 4.67. The van der Waals surface area contributed by atoms with Crippen molar-refractivity contribution in [3.8, 4) is 0 Å². The van der Waals surface area contributed by atoms with E-state index in [2.05, 4.69) is 15.6 Å². The van der Waals surface area contributed by atoms with E-state index in [1.165, 1.54) is 11.3 Å². The van der Waals surface area contributed by atoms with Gasteiger partial charge in [0.05, 0.1) is 5.69 Å². The lowest BCUT2D eigenvalue weighted by molar-refractivity contribution is 0.0741. The fraction of sp³-hybridized carbons (Fsp3) is 0.267. The maximum Gasteiger partial charge on any atom is 0.266 e. The summed E-state index contributed by atoms with van der Waals surface area (Å²) in [5.41, 5.74) is 1.08. The van der Waals surface area contributed by atoms with Gasteiger partial charge in [-0.05, 0) is 23.6 Å². The zero-order valence-electron chi connectivity index (χ0n) is 12.7. The molecule has 1 aliphatic rings. The van der Waals surface area contributed by atoms with Gasteiger partial charge in [0.2, 0.25) is 0 Å². The normalized spacial score (nSPS) is 13.4. The fourth-order valence-corrected chi connectivity index (χ4v) is 3.10. The molecule has 2 amide bonds. The summed E-state index contributed by atoms with van der Waals surface area (Å²) >= 11 is 1.35. The van der Waals surface area contributed by atoms with Gasteiger partial charge in [-0.25, -0.2) is 0 Å². The van der Waals surface area contributed by atoms with Gasteiger partial charge < -0.3 is 15.5 Å². The van der Waals surface area contributed by atoms with Gasteiger partial charge in [0.15, 0.2) is 0 Å². The number of nitrogens with one attached hydrogen (secondary N) is 2. The van der Waals surface area contributed by atoms with E-state index in [9.17, 15) is 9.59 Å². The van der Waals surface area contributed by atoms with E-state index in [0.29, 0.717) is 29.2 Å². The molecular weight excluding hydrogens is 371 g/mol.